The summed E-state index contributed by atoms with van der Waals surface area (Å²) < 4.78 is 1.75. The first-order chi connectivity index (χ1) is 6.31. The normalized spacial score (nSPS) is 6.38. The van der Waals surface area contributed by atoms with Gasteiger partial charge in [-0.25, -0.2) is 0 Å². The molecule has 2 heteroatoms. The minimum Gasteiger partial charge on any atom is -0.276 e. The van der Waals surface area contributed by atoms with Gasteiger partial charge in [0.1, 0.15) is 0 Å². The zero-order chi connectivity index (χ0) is 11.1. The van der Waals surface area contributed by atoms with Crippen LogP contribution in [0.15, 0.2) is 18.5 Å². The lowest BCUT2D eigenvalue weighted by molar-refractivity contribution is 0.768. The van der Waals surface area contributed by atoms with Crippen LogP contribution in [0.5, 0.6) is 0 Å². The standard InChI is InChI=1S/C4H6N2.C3H8.2C2H6/c1-6-4-2-3-5-6;1-3-2;2*1-2/h2-4H,1H3;3H2,1-2H3;2*1-2H3. The van der Waals surface area contributed by atoms with Crippen LogP contribution in [0.25, 0.3) is 0 Å². The third-order valence-electron chi connectivity index (χ3n) is 0.637. The fourth-order valence-electron chi connectivity index (χ4n) is 0.345. The Bertz CT molecular complexity index is 123. The van der Waals surface area contributed by atoms with Gasteiger partial charge < -0.3 is 0 Å². The summed E-state index contributed by atoms with van der Waals surface area (Å²) in [5, 5.41) is 3.83. The summed E-state index contributed by atoms with van der Waals surface area (Å²) >= 11 is 0. The number of aromatic nitrogens is 2. The van der Waals surface area contributed by atoms with E-state index < -0.39 is 0 Å². The van der Waals surface area contributed by atoms with Crippen molar-refractivity contribution in [3.63, 3.8) is 0 Å². The van der Waals surface area contributed by atoms with E-state index in [1.54, 1.807) is 10.9 Å². The number of hydrogen-bond donors (Lipinski definition) is 0. The molecule has 0 unspecified atom stereocenters. The molecule has 13 heavy (non-hydrogen) atoms. The SMILES string of the molecule is CC.CC.CCC.Cn1cccn1. The summed E-state index contributed by atoms with van der Waals surface area (Å²) in [4.78, 5) is 0. The molecule has 0 saturated heterocycles. The number of hydrogen-bond acceptors (Lipinski definition) is 1. The van der Waals surface area contributed by atoms with Crippen LogP contribution in [0, 0.1) is 0 Å². The van der Waals surface area contributed by atoms with Crippen molar-refractivity contribution in [1.29, 1.82) is 0 Å². The van der Waals surface area contributed by atoms with Crippen LogP contribution < -0.4 is 0 Å². The molecule has 0 saturated carbocycles. The monoisotopic (exact) mass is 186 g/mol. The first-order valence-corrected chi connectivity index (χ1v) is 5.24. The predicted molar refractivity (Wildman–Crippen MR) is 61.9 cm³/mol. The lowest BCUT2D eigenvalue weighted by Gasteiger charge is -1.77. The summed E-state index contributed by atoms with van der Waals surface area (Å²) in [6.07, 6.45) is 4.89. The maximum atomic E-state index is 3.83. The van der Waals surface area contributed by atoms with Gasteiger partial charge in [-0.3, -0.25) is 4.68 Å². The van der Waals surface area contributed by atoms with Gasteiger partial charge in [-0.2, -0.15) is 5.10 Å². The van der Waals surface area contributed by atoms with Crippen LogP contribution in [0.3, 0.4) is 0 Å². The molecule has 1 heterocycles. The Hall–Kier alpha value is -0.790. The van der Waals surface area contributed by atoms with Crippen molar-refractivity contribution in [2.75, 3.05) is 0 Å². The van der Waals surface area contributed by atoms with E-state index in [-0.39, 0.29) is 0 Å². The van der Waals surface area contributed by atoms with Gasteiger partial charge in [-0.05, 0) is 6.07 Å². The Labute approximate surface area is 84.0 Å². The lowest BCUT2D eigenvalue weighted by Crippen LogP contribution is -1.83. The Morgan fingerprint density at radius 3 is 1.54 bits per heavy atom. The predicted octanol–water partition coefficient (Wildman–Crippen LogP) is 3.89. The molecule has 1 aromatic rings. The maximum Gasteiger partial charge on any atom is 0.0489 e. The second-order valence-corrected chi connectivity index (χ2v) is 1.89. The van der Waals surface area contributed by atoms with Gasteiger partial charge >= 0.3 is 0 Å². The third-order valence-corrected chi connectivity index (χ3v) is 0.637. The van der Waals surface area contributed by atoms with Crippen LogP contribution in [-0.2, 0) is 7.05 Å². The van der Waals surface area contributed by atoms with Gasteiger partial charge in [0.25, 0.3) is 0 Å². The molecule has 80 valence electrons. The van der Waals surface area contributed by atoms with Gasteiger partial charge in [-0.1, -0.05) is 48.0 Å². The molecular weight excluding hydrogens is 160 g/mol. The molecule has 1 aromatic heterocycles. The zero-order valence-electron chi connectivity index (χ0n) is 10.3. The molecule has 2 nitrogen and oxygen atoms in total. The molecular formula is C11H26N2. The van der Waals surface area contributed by atoms with Crippen molar-refractivity contribution in [2.24, 2.45) is 7.05 Å². The summed E-state index contributed by atoms with van der Waals surface area (Å²) in [6.45, 7) is 12.2. The quantitative estimate of drug-likeness (QED) is 0.601. The van der Waals surface area contributed by atoms with Gasteiger partial charge in [0.2, 0.25) is 0 Å². The van der Waals surface area contributed by atoms with Crippen molar-refractivity contribution in [1.82, 2.24) is 9.78 Å². The van der Waals surface area contributed by atoms with E-state index in [1.165, 1.54) is 6.42 Å². The average Bonchev–Trinajstić information content (AvgIpc) is 2.64. The maximum absolute atomic E-state index is 3.83. The smallest absolute Gasteiger partial charge is 0.0489 e. The lowest BCUT2D eigenvalue weighted by atomic mass is 10.6. The van der Waals surface area contributed by atoms with Crippen LogP contribution in [0.2, 0.25) is 0 Å². The molecule has 0 amide bonds. The van der Waals surface area contributed by atoms with Gasteiger partial charge in [0.15, 0.2) is 0 Å². The molecule has 0 radical (unpaired) electrons. The Balaban J connectivity index is -0.000000124. The van der Waals surface area contributed by atoms with Crippen LogP contribution in [0.4, 0.5) is 0 Å². The van der Waals surface area contributed by atoms with Crippen LogP contribution >= 0.6 is 0 Å². The highest BCUT2D eigenvalue weighted by molar-refractivity contribution is 4.75. The van der Waals surface area contributed by atoms with E-state index in [4.69, 9.17) is 0 Å². The van der Waals surface area contributed by atoms with Gasteiger partial charge in [0.05, 0.1) is 0 Å². The fraction of sp³-hybridized carbons (Fsp3) is 0.727. The fourth-order valence-corrected chi connectivity index (χ4v) is 0.345. The summed E-state index contributed by atoms with van der Waals surface area (Å²) in [7, 11) is 1.89. The van der Waals surface area contributed by atoms with E-state index in [2.05, 4.69) is 18.9 Å². The van der Waals surface area contributed by atoms with Gasteiger partial charge in [0, 0.05) is 19.4 Å². The number of rotatable bonds is 0. The van der Waals surface area contributed by atoms with Gasteiger partial charge in [-0.15, -0.1) is 0 Å². The molecule has 0 atom stereocenters. The second-order valence-electron chi connectivity index (χ2n) is 1.89. The molecule has 0 aromatic carbocycles. The third kappa shape index (κ3) is 24.7. The highest BCUT2D eigenvalue weighted by Crippen LogP contribution is 1.73. The molecule has 1 rings (SSSR count). The summed E-state index contributed by atoms with van der Waals surface area (Å²) in [6, 6.07) is 1.89. The molecule has 0 N–H and O–H groups in total. The van der Waals surface area contributed by atoms with Crippen LogP contribution in [0.1, 0.15) is 48.0 Å². The Kier molecular flexibility index (Phi) is 31.3. The van der Waals surface area contributed by atoms with Crippen molar-refractivity contribution >= 4 is 0 Å². The minimum absolute atomic E-state index is 1.25. The first kappa shape index (κ1) is 18.1. The van der Waals surface area contributed by atoms with E-state index in [0.29, 0.717) is 0 Å². The summed E-state index contributed by atoms with van der Waals surface area (Å²) in [5.74, 6) is 0. The summed E-state index contributed by atoms with van der Waals surface area (Å²) in [5.41, 5.74) is 0. The average molecular weight is 186 g/mol. The van der Waals surface area contributed by atoms with E-state index in [1.807, 2.05) is 47.0 Å². The van der Waals surface area contributed by atoms with Crippen LogP contribution in [-0.4, -0.2) is 9.78 Å². The first-order valence-electron chi connectivity index (χ1n) is 5.24. The number of aryl methyl sites for hydroxylation is 1. The van der Waals surface area contributed by atoms with E-state index in [9.17, 15) is 0 Å². The molecule has 0 spiro atoms. The topological polar surface area (TPSA) is 17.8 Å². The Morgan fingerprint density at radius 1 is 1.08 bits per heavy atom. The highest BCUT2D eigenvalue weighted by Gasteiger charge is 1.69. The van der Waals surface area contributed by atoms with Crippen molar-refractivity contribution < 1.29 is 0 Å². The second kappa shape index (κ2) is 22.5. The highest BCUT2D eigenvalue weighted by atomic mass is 15.2. The number of nitrogens with zero attached hydrogens (tertiary/aromatic N) is 2. The van der Waals surface area contributed by atoms with E-state index >= 15 is 0 Å². The molecule has 0 fully saturated rings. The van der Waals surface area contributed by atoms with Crippen molar-refractivity contribution in [3.8, 4) is 0 Å². The molecule has 0 aliphatic heterocycles. The molecule has 0 bridgehead atoms. The van der Waals surface area contributed by atoms with Crippen molar-refractivity contribution in [2.45, 2.75) is 48.0 Å². The largest absolute Gasteiger partial charge is 0.276 e. The zero-order valence-corrected chi connectivity index (χ0v) is 10.3. The minimum atomic E-state index is 1.25. The van der Waals surface area contributed by atoms with Crippen molar-refractivity contribution in [3.05, 3.63) is 18.5 Å². The molecule has 0 aliphatic carbocycles. The molecule has 0 aliphatic rings. The Morgan fingerprint density at radius 2 is 1.46 bits per heavy atom. The van der Waals surface area contributed by atoms with E-state index in [0.717, 1.165) is 0 Å².